The highest BCUT2D eigenvalue weighted by atomic mass is 32.1. The Bertz CT molecular complexity index is 749. The van der Waals surface area contributed by atoms with Crippen LogP contribution >= 0.6 is 24.0 Å². The van der Waals surface area contributed by atoms with Crippen molar-refractivity contribution >= 4 is 40.8 Å². The van der Waals surface area contributed by atoms with Crippen molar-refractivity contribution in [3.63, 3.8) is 0 Å². The topological polar surface area (TPSA) is 72.4 Å². The molecule has 0 bridgehead atoms. The van der Waals surface area contributed by atoms with Gasteiger partial charge in [-0.2, -0.15) is 12.6 Å². The Labute approximate surface area is 163 Å². The number of aryl methyl sites for hydroxylation is 1. The fourth-order valence-corrected chi connectivity index (χ4v) is 3.44. The summed E-state index contributed by atoms with van der Waals surface area (Å²) in [7, 11) is 0. The number of hydrogen-bond donors (Lipinski definition) is 1. The van der Waals surface area contributed by atoms with Crippen molar-refractivity contribution in [1.29, 1.82) is 0 Å². The third-order valence-electron chi connectivity index (χ3n) is 3.70. The van der Waals surface area contributed by atoms with E-state index in [4.69, 9.17) is 4.74 Å². The number of carbonyl (C=O) groups is 2. The standard InChI is InChI=1S/C18H23N3O3S2/c1-4-6-15(22)24-11-21(17(23)12(2)10-25)18-13(3)20-16(26-18)14-7-5-8-19-9-14/h5,7-9,12,25H,4,6,10-11H2,1-3H3. The Kier molecular flexibility index (Phi) is 7.59. The predicted octanol–water partition coefficient (Wildman–Crippen LogP) is 3.71. The monoisotopic (exact) mass is 393 g/mol. The minimum atomic E-state index is -0.321. The van der Waals surface area contributed by atoms with Crippen LogP contribution in [0, 0.1) is 12.8 Å². The maximum absolute atomic E-state index is 12.8. The van der Waals surface area contributed by atoms with Crippen LogP contribution in [0.25, 0.3) is 10.6 Å². The summed E-state index contributed by atoms with van der Waals surface area (Å²) in [4.78, 5) is 34.7. The molecule has 0 radical (unpaired) electrons. The smallest absolute Gasteiger partial charge is 0.307 e. The van der Waals surface area contributed by atoms with Gasteiger partial charge in [0.1, 0.15) is 10.0 Å². The van der Waals surface area contributed by atoms with Gasteiger partial charge in [-0.05, 0) is 25.5 Å². The summed E-state index contributed by atoms with van der Waals surface area (Å²) in [6, 6.07) is 3.75. The van der Waals surface area contributed by atoms with E-state index in [1.54, 1.807) is 19.3 Å². The molecule has 2 aromatic rings. The summed E-state index contributed by atoms with van der Waals surface area (Å²) in [5.41, 5.74) is 1.59. The number of aromatic nitrogens is 2. The Morgan fingerprint density at radius 1 is 1.42 bits per heavy atom. The SMILES string of the molecule is CCCC(=O)OCN(C(=O)C(C)CS)c1sc(-c2cccnc2)nc1C. The lowest BCUT2D eigenvalue weighted by Crippen LogP contribution is -2.38. The Morgan fingerprint density at radius 3 is 2.81 bits per heavy atom. The highest BCUT2D eigenvalue weighted by Crippen LogP contribution is 2.34. The first-order chi connectivity index (χ1) is 12.5. The molecule has 1 atom stereocenters. The van der Waals surface area contributed by atoms with E-state index in [1.807, 2.05) is 26.0 Å². The van der Waals surface area contributed by atoms with E-state index in [0.717, 1.165) is 10.6 Å². The second-order valence-corrected chi connectivity index (χ2v) is 7.24. The van der Waals surface area contributed by atoms with Crippen molar-refractivity contribution in [3.05, 3.63) is 30.2 Å². The molecule has 1 unspecified atom stereocenters. The van der Waals surface area contributed by atoms with E-state index in [0.29, 0.717) is 29.3 Å². The lowest BCUT2D eigenvalue weighted by molar-refractivity contribution is -0.144. The second-order valence-electron chi connectivity index (χ2n) is 5.90. The number of anilines is 1. The molecule has 0 aromatic carbocycles. The quantitative estimate of drug-likeness (QED) is 0.420. The summed E-state index contributed by atoms with van der Waals surface area (Å²) in [6.45, 7) is 5.42. The normalized spacial score (nSPS) is 11.8. The van der Waals surface area contributed by atoms with Gasteiger partial charge >= 0.3 is 5.97 Å². The summed E-state index contributed by atoms with van der Waals surface area (Å²) in [5, 5.41) is 1.44. The van der Waals surface area contributed by atoms with E-state index < -0.39 is 0 Å². The van der Waals surface area contributed by atoms with Crippen LogP contribution in [0.1, 0.15) is 32.4 Å². The molecule has 0 aliphatic carbocycles. The van der Waals surface area contributed by atoms with Crippen LogP contribution in [-0.4, -0.2) is 34.3 Å². The molecule has 0 spiro atoms. The lowest BCUT2D eigenvalue weighted by atomic mass is 10.2. The van der Waals surface area contributed by atoms with Gasteiger partial charge in [0.2, 0.25) is 5.91 Å². The predicted molar refractivity (Wildman–Crippen MR) is 106 cm³/mol. The number of carbonyl (C=O) groups excluding carboxylic acids is 2. The molecule has 0 aliphatic rings. The van der Waals surface area contributed by atoms with Crippen molar-refractivity contribution in [2.45, 2.75) is 33.6 Å². The van der Waals surface area contributed by atoms with Crippen LogP contribution in [0.2, 0.25) is 0 Å². The number of thiol groups is 1. The maximum Gasteiger partial charge on any atom is 0.307 e. The number of nitrogens with zero attached hydrogens (tertiary/aromatic N) is 3. The summed E-state index contributed by atoms with van der Waals surface area (Å²) >= 11 is 5.60. The molecule has 2 heterocycles. The van der Waals surface area contributed by atoms with Crippen molar-refractivity contribution in [2.75, 3.05) is 17.4 Å². The van der Waals surface area contributed by atoms with Gasteiger partial charge in [0.25, 0.3) is 0 Å². The highest BCUT2D eigenvalue weighted by molar-refractivity contribution is 7.80. The molecule has 6 nitrogen and oxygen atoms in total. The molecule has 8 heteroatoms. The fourth-order valence-electron chi connectivity index (χ4n) is 2.23. The second kappa shape index (κ2) is 9.68. The number of amides is 1. The summed E-state index contributed by atoms with van der Waals surface area (Å²) < 4.78 is 5.29. The lowest BCUT2D eigenvalue weighted by Gasteiger charge is -2.23. The van der Waals surface area contributed by atoms with Crippen LogP contribution in [0.4, 0.5) is 5.00 Å². The van der Waals surface area contributed by atoms with E-state index in [1.165, 1.54) is 16.2 Å². The number of thiazole rings is 1. The van der Waals surface area contributed by atoms with Gasteiger partial charge in [0.05, 0.1) is 5.69 Å². The third kappa shape index (κ3) is 5.04. The number of esters is 1. The molecule has 0 aliphatic heterocycles. The molecule has 140 valence electrons. The Morgan fingerprint density at radius 2 is 2.19 bits per heavy atom. The molecule has 2 aromatic heterocycles. The van der Waals surface area contributed by atoms with Crippen LogP contribution in [0.5, 0.6) is 0 Å². The minimum Gasteiger partial charge on any atom is -0.444 e. The van der Waals surface area contributed by atoms with Gasteiger partial charge in [-0.25, -0.2) is 4.98 Å². The molecule has 2 rings (SSSR count). The molecular formula is C18H23N3O3S2. The van der Waals surface area contributed by atoms with E-state index in [2.05, 4.69) is 22.6 Å². The van der Waals surface area contributed by atoms with Crippen LogP contribution in [0.15, 0.2) is 24.5 Å². The van der Waals surface area contributed by atoms with Gasteiger partial charge in [-0.1, -0.05) is 25.2 Å². The molecule has 1 amide bonds. The number of hydrogen-bond acceptors (Lipinski definition) is 7. The van der Waals surface area contributed by atoms with Gasteiger partial charge in [0.15, 0.2) is 6.73 Å². The molecule has 0 saturated heterocycles. The zero-order valence-electron chi connectivity index (χ0n) is 15.1. The first kappa shape index (κ1) is 20.4. The minimum absolute atomic E-state index is 0.120. The number of ether oxygens (including phenoxy) is 1. The molecule has 0 saturated carbocycles. The van der Waals surface area contributed by atoms with Crippen molar-refractivity contribution in [1.82, 2.24) is 9.97 Å². The van der Waals surface area contributed by atoms with Crippen LogP contribution in [0.3, 0.4) is 0 Å². The maximum atomic E-state index is 12.8. The average molecular weight is 394 g/mol. The van der Waals surface area contributed by atoms with E-state index in [9.17, 15) is 9.59 Å². The van der Waals surface area contributed by atoms with Gasteiger partial charge < -0.3 is 4.74 Å². The van der Waals surface area contributed by atoms with Crippen molar-refractivity contribution < 1.29 is 14.3 Å². The zero-order chi connectivity index (χ0) is 19.1. The Balaban J connectivity index is 2.31. The van der Waals surface area contributed by atoms with Gasteiger partial charge in [-0.15, -0.1) is 0 Å². The van der Waals surface area contributed by atoms with Crippen molar-refractivity contribution in [2.24, 2.45) is 5.92 Å². The summed E-state index contributed by atoms with van der Waals surface area (Å²) in [6.07, 6.45) is 4.45. The average Bonchev–Trinajstić information content (AvgIpc) is 3.03. The van der Waals surface area contributed by atoms with Gasteiger partial charge in [-0.3, -0.25) is 19.5 Å². The first-order valence-corrected chi connectivity index (χ1v) is 9.88. The number of pyridine rings is 1. The molecule has 0 fully saturated rings. The first-order valence-electron chi connectivity index (χ1n) is 8.43. The molecule has 0 N–H and O–H groups in total. The number of rotatable bonds is 8. The molecular weight excluding hydrogens is 370 g/mol. The fraction of sp³-hybridized carbons (Fsp3) is 0.444. The van der Waals surface area contributed by atoms with E-state index in [-0.39, 0.29) is 24.5 Å². The molecule has 26 heavy (non-hydrogen) atoms. The Hall–Kier alpha value is -1.93. The van der Waals surface area contributed by atoms with Crippen LogP contribution in [-0.2, 0) is 14.3 Å². The van der Waals surface area contributed by atoms with Gasteiger partial charge in [0, 0.05) is 36.0 Å². The van der Waals surface area contributed by atoms with Crippen LogP contribution < -0.4 is 4.90 Å². The van der Waals surface area contributed by atoms with E-state index >= 15 is 0 Å². The highest BCUT2D eigenvalue weighted by Gasteiger charge is 2.26. The largest absolute Gasteiger partial charge is 0.444 e. The summed E-state index contributed by atoms with van der Waals surface area (Å²) in [5.74, 6) is -0.357. The van der Waals surface area contributed by atoms with Crippen molar-refractivity contribution in [3.8, 4) is 10.6 Å². The zero-order valence-corrected chi connectivity index (χ0v) is 16.8. The third-order valence-corrected chi connectivity index (χ3v) is 5.47.